The Hall–Kier alpha value is -4.90. The average Bonchev–Trinajstić information content (AvgIpc) is 3.61. The van der Waals surface area contributed by atoms with Gasteiger partial charge in [-0.2, -0.15) is 0 Å². The molecule has 0 spiro atoms. The van der Waals surface area contributed by atoms with Gasteiger partial charge in [0.25, 0.3) is 0 Å². The van der Waals surface area contributed by atoms with Gasteiger partial charge in [-0.25, -0.2) is 4.98 Å². The summed E-state index contributed by atoms with van der Waals surface area (Å²) in [7, 11) is 0. The molecule has 45 heavy (non-hydrogen) atoms. The number of nitrogens with zero attached hydrogens (tertiary/aromatic N) is 4. The normalized spacial score (nSPS) is 14.0. The largest absolute Gasteiger partial charge is 0.458 e. The Kier molecular flexibility index (Phi) is 6.71. The zero-order chi connectivity index (χ0) is 30.5. The minimum atomic E-state index is 0.0224. The summed E-state index contributed by atoms with van der Waals surface area (Å²) < 4.78 is 13.4. The van der Waals surface area contributed by atoms with Crippen LogP contribution in [0.3, 0.4) is 0 Å². The summed E-state index contributed by atoms with van der Waals surface area (Å²) >= 11 is 0. The Balaban J connectivity index is 1.20. The Morgan fingerprint density at radius 2 is 1.53 bits per heavy atom. The Morgan fingerprint density at radius 3 is 2.44 bits per heavy atom. The minimum Gasteiger partial charge on any atom is -0.458 e. The smallest absolute Gasteiger partial charge is 0.244 e. The molecule has 5 heteroatoms. The molecule has 8 rings (SSSR count). The fourth-order valence-corrected chi connectivity index (χ4v) is 6.88. The number of rotatable bonds is 4. The van der Waals surface area contributed by atoms with Gasteiger partial charge in [0, 0.05) is 23.0 Å². The monoisotopic (exact) mass is 590 g/mol. The van der Waals surface area contributed by atoms with Crippen LogP contribution in [0, 0.1) is 6.33 Å². The molecule has 1 aliphatic rings. The summed E-state index contributed by atoms with van der Waals surface area (Å²) in [5.74, 6) is 2.49. The molecule has 224 valence electrons. The van der Waals surface area contributed by atoms with Crippen LogP contribution >= 0.6 is 0 Å². The van der Waals surface area contributed by atoms with Gasteiger partial charge in [0.05, 0.1) is 34.3 Å². The third kappa shape index (κ3) is 4.97. The molecule has 4 aromatic carbocycles. The highest BCUT2D eigenvalue weighted by atomic mass is 16.5. The Bertz CT molecular complexity index is 2200. The minimum absolute atomic E-state index is 0.0224. The number of imidazole rings is 1. The van der Waals surface area contributed by atoms with E-state index in [1.165, 1.54) is 58.6 Å². The zero-order valence-corrected chi connectivity index (χ0v) is 26.3. The number of pyridine rings is 1. The van der Waals surface area contributed by atoms with Crippen LogP contribution < -0.4 is 9.30 Å². The molecule has 5 nitrogen and oxygen atoms in total. The molecule has 0 amide bonds. The molecule has 0 N–H and O–H groups in total. The Morgan fingerprint density at radius 1 is 0.733 bits per heavy atom. The fraction of sp³-hybridized carbons (Fsp3) is 0.250. The zero-order valence-electron chi connectivity index (χ0n) is 26.3. The first kappa shape index (κ1) is 27.6. The lowest BCUT2D eigenvalue weighted by atomic mass is 9.88. The predicted octanol–water partition coefficient (Wildman–Crippen LogP) is 9.42. The highest BCUT2D eigenvalue weighted by Crippen LogP contribution is 2.36. The van der Waals surface area contributed by atoms with E-state index in [1.54, 1.807) is 0 Å². The molecular formula is C40H38N4O. The summed E-state index contributed by atoms with van der Waals surface area (Å²) in [6.07, 6.45) is 11.7. The molecule has 0 aliphatic carbocycles. The molecule has 0 bridgehead atoms. The molecular weight excluding hydrogens is 552 g/mol. The maximum absolute atomic E-state index is 6.58. The van der Waals surface area contributed by atoms with E-state index in [9.17, 15) is 0 Å². The standard InChI is InChI=1S/C40H38N4O/c1-40(2,3)29-21-22-41-38(24-29)44-35-17-8-7-16-33(35)34-20-19-32(26-37(34)44)45-31-15-11-14-30(25-31)43-27-42-23-9-5-4-6-12-28-13-10-18-36(43)39(28)42/h7-8,10-11,13-22,24-26H,4-6,9,12,23H2,1-3H3. The van der Waals surface area contributed by atoms with E-state index in [-0.39, 0.29) is 5.41 Å². The van der Waals surface area contributed by atoms with Crippen LogP contribution in [0.15, 0.2) is 103 Å². The molecule has 4 heterocycles. The second kappa shape index (κ2) is 10.9. The first-order valence-corrected chi connectivity index (χ1v) is 16.2. The number of fused-ring (bicyclic) bond motifs is 3. The van der Waals surface area contributed by atoms with Crippen molar-refractivity contribution < 1.29 is 9.30 Å². The van der Waals surface area contributed by atoms with Crippen LogP contribution in [0.4, 0.5) is 0 Å². The van der Waals surface area contributed by atoms with E-state index < -0.39 is 0 Å². The van der Waals surface area contributed by atoms with Crippen LogP contribution in [0.2, 0.25) is 0 Å². The molecule has 7 aromatic rings. The van der Waals surface area contributed by atoms with Crippen molar-refractivity contribution in [3.8, 4) is 23.0 Å². The van der Waals surface area contributed by atoms with Gasteiger partial charge in [-0.1, -0.05) is 75.7 Å². The van der Waals surface area contributed by atoms with Gasteiger partial charge in [-0.05, 0) is 84.7 Å². The van der Waals surface area contributed by atoms with Gasteiger partial charge < -0.3 is 13.9 Å². The summed E-state index contributed by atoms with van der Waals surface area (Å²) in [6, 6.07) is 34.3. The quantitative estimate of drug-likeness (QED) is 0.151. The van der Waals surface area contributed by atoms with Gasteiger partial charge in [-0.3, -0.25) is 4.57 Å². The van der Waals surface area contributed by atoms with E-state index >= 15 is 0 Å². The maximum atomic E-state index is 6.58. The third-order valence-corrected chi connectivity index (χ3v) is 9.21. The molecule has 0 unspecified atom stereocenters. The van der Waals surface area contributed by atoms with E-state index in [4.69, 9.17) is 9.72 Å². The molecule has 0 saturated carbocycles. The van der Waals surface area contributed by atoms with Gasteiger partial charge >= 0.3 is 0 Å². The molecule has 0 radical (unpaired) electrons. The van der Waals surface area contributed by atoms with Crippen molar-refractivity contribution in [1.82, 2.24) is 14.1 Å². The number of para-hydroxylation sites is 2. The highest BCUT2D eigenvalue weighted by Gasteiger charge is 2.19. The van der Waals surface area contributed by atoms with Gasteiger partial charge in [0.1, 0.15) is 17.3 Å². The lowest BCUT2D eigenvalue weighted by Crippen LogP contribution is -2.33. The van der Waals surface area contributed by atoms with Gasteiger partial charge in [-0.15, -0.1) is 0 Å². The van der Waals surface area contributed by atoms with Crippen molar-refractivity contribution >= 4 is 32.8 Å². The van der Waals surface area contributed by atoms with Crippen molar-refractivity contribution in [2.24, 2.45) is 0 Å². The van der Waals surface area contributed by atoms with Gasteiger partial charge in [0.15, 0.2) is 0 Å². The van der Waals surface area contributed by atoms with Crippen LogP contribution in [0.25, 0.3) is 44.3 Å². The van der Waals surface area contributed by atoms with Crippen LogP contribution in [0.1, 0.15) is 57.6 Å². The molecule has 0 atom stereocenters. The van der Waals surface area contributed by atoms with Crippen LogP contribution in [-0.2, 0) is 18.4 Å². The summed E-state index contributed by atoms with van der Waals surface area (Å²) in [5, 5.41) is 2.38. The number of aryl methyl sites for hydroxylation is 2. The van der Waals surface area contributed by atoms with E-state index in [0.29, 0.717) is 0 Å². The van der Waals surface area contributed by atoms with Gasteiger partial charge in [0.2, 0.25) is 6.33 Å². The molecule has 0 fully saturated rings. The van der Waals surface area contributed by atoms with Crippen LogP contribution in [0.5, 0.6) is 11.5 Å². The lowest BCUT2D eigenvalue weighted by molar-refractivity contribution is -0.676. The van der Waals surface area contributed by atoms with Crippen molar-refractivity contribution in [2.75, 3.05) is 0 Å². The molecule has 1 aliphatic heterocycles. The maximum Gasteiger partial charge on any atom is 0.244 e. The highest BCUT2D eigenvalue weighted by molar-refractivity contribution is 6.09. The fourth-order valence-electron chi connectivity index (χ4n) is 6.88. The van der Waals surface area contributed by atoms with Crippen molar-refractivity contribution in [1.29, 1.82) is 0 Å². The van der Waals surface area contributed by atoms with Crippen molar-refractivity contribution in [3.05, 3.63) is 121 Å². The summed E-state index contributed by atoms with van der Waals surface area (Å²) in [4.78, 5) is 4.83. The number of benzene rings is 4. The third-order valence-electron chi connectivity index (χ3n) is 9.21. The Labute approximate surface area is 264 Å². The SMILES string of the molecule is CC(C)(C)c1ccnc(-n2c3ccccc3c3ccc(Oc4cccc(-n5[c-][n+]6c7c(cccc75)CCCCCC6)c4)cc32)c1. The second-order valence-corrected chi connectivity index (χ2v) is 13.3. The van der Waals surface area contributed by atoms with E-state index in [2.05, 4.69) is 132 Å². The first-order valence-electron chi connectivity index (χ1n) is 16.2. The predicted molar refractivity (Wildman–Crippen MR) is 182 cm³/mol. The number of ether oxygens (including phenoxy) is 1. The average molecular weight is 591 g/mol. The topological polar surface area (TPSA) is 35.9 Å². The first-order chi connectivity index (χ1) is 21.9. The van der Waals surface area contributed by atoms with Crippen molar-refractivity contribution in [2.45, 2.75) is 64.8 Å². The molecule has 3 aromatic heterocycles. The van der Waals surface area contributed by atoms with E-state index in [0.717, 1.165) is 47.0 Å². The summed E-state index contributed by atoms with van der Waals surface area (Å²) in [5.41, 5.74) is 8.45. The number of aromatic nitrogens is 4. The summed E-state index contributed by atoms with van der Waals surface area (Å²) in [6.45, 7) is 7.71. The van der Waals surface area contributed by atoms with Crippen LogP contribution in [-0.4, -0.2) is 14.1 Å². The number of hydrogen-bond donors (Lipinski definition) is 0. The number of hydrogen-bond acceptors (Lipinski definition) is 2. The molecule has 0 saturated heterocycles. The lowest BCUT2D eigenvalue weighted by Gasteiger charge is -2.20. The van der Waals surface area contributed by atoms with E-state index in [1.807, 2.05) is 12.3 Å². The second-order valence-electron chi connectivity index (χ2n) is 13.3. The van der Waals surface area contributed by atoms with Crippen molar-refractivity contribution in [3.63, 3.8) is 0 Å².